The maximum absolute atomic E-state index is 4.39. The van der Waals surface area contributed by atoms with Gasteiger partial charge in [-0.1, -0.05) is 66.0 Å². The minimum absolute atomic E-state index is 0.243. The van der Waals surface area contributed by atoms with Crippen molar-refractivity contribution < 1.29 is 0 Å². The highest BCUT2D eigenvalue weighted by atomic mass is 14.4. The number of rotatable bonds is 5. The Balaban J connectivity index is 2.81. The summed E-state index contributed by atoms with van der Waals surface area (Å²) >= 11 is 0. The Hall–Kier alpha value is -0.520. The molecule has 0 aromatic carbocycles. The first-order valence-electron chi connectivity index (χ1n) is 7.30. The van der Waals surface area contributed by atoms with E-state index in [0.717, 1.165) is 18.3 Å². The first kappa shape index (κ1) is 14.5. The van der Waals surface area contributed by atoms with Gasteiger partial charge in [0.1, 0.15) is 0 Å². The molecule has 0 radical (unpaired) electrons. The molecule has 98 valence electrons. The molecular weight excluding hydrogens is 204 g/mol. The highest BCUT2D eigenvalue weighted by Crippen LogP contribution is 2.46. The van der Waals surface area contributed by atoms with Gasteiger partial charge < -0.3 is 0 Å². The van der Waals surface area contributed by atoms with Crippen LogP contribution in [-0.4, -0.2) is 0 Å². The molecule has 1 atom stereocenters. The lowest BCUT2D eigenvalue weighted by atomic mass is 9.66. The Morgan fingerprint density at radius 1 is 1.35 bits per heavy atom. The SMILES string of the molecule is C=C(/C(=C/C)CC)C(C)(C)C(C)C1CCCC1. The van der Waals surface area contributed by atoms with Gasteiger partial charge in [0.05, 0.1) is 0 Å². The molecule has 0 spiro atoms. The fourth-order valence-corrected chi connectivity index (χ4v) is 3.33. The molecule has 0 N–H and O–H groups in total. The van der Waals surface area contributed by atoms with Crippen molar-refractivity contribution in [2.45, 2.75) is 66.7 Å². The maximum Gasteiger partial charge on any atom is -0.00786 e. The molecule has 0 amide bonds. The van der Waals surface area contributed by atoms with Crippen LogP contribution in [0.3, 0.4) is 0 Å². The predicted molar refractivity (Wildman–Crippen MR) is 78.1 cm³/mol. The fraction of sp³-hybridized carbons (Fsp3) is 0.765. The van der Waals surface area contributed by atoms with Gasteiger partial charge in [-0.2, -0.15) is 0 Å². The second kappa shape index (κ2) is 5.89. The maximum atomic E-state index is 4.39. The third-order valence-electron chi connectivity index (χ3n) is 5.14. The summed E-state index contributed by atoms with van der Waals surface area (Å²) in [5, 5.41) is 0. The van der Waals surface area contributed by atoms with Crippen LogP contribution in [0.25, 0.3) is 0 Å². The third kappa shape index (κ3) is 3.03. The van der Waals surface area contributed by atoms with E-state index in [1.54, 1.807) is 0 Å². The Bertz CT molecular complexity index is 287. The summed E-state index contributed by atoms with van der Waals surface area (Å²) in [5.74, 6) is 1.66. The summed E-state index contributed by atoms with van der Waals surface area (Å²) in [6.07, 6.45) is 9.07. The first-order valence-corrected chi connectivity index (χ1v) is 7.30. The van der Waals surface area contributed by atoms with Crippen molar-refractivity contribution in [3.8, 4) is 0 Å². The molecule has 0 heteroatoms. The summed E-state index contributed by atoms with van der Waals surface area (Å²) in [4.78, 5) is 0. The summed E-state index contributed by atoms with van der Waals surface area (Å²) in [6.45, 7) is 16.0. The molecule has 1 fully saturated rings. The van der Waals surface area contributed by atoms with Crippen molar-refractivity contribution in [3.63, 3.8) is 0 Å². The van der Waals surface area contributed by atoms with Crippen LogP contribution in [0.2, 0.25) is 0 Å². The second-order valence-corrected chi connectivity index (χ2v) is 6.20. The van der Waals surface area contributed by atoms with Gasteiger partial charge in [-0.15, -0.1) is 0 Å². The van der Waals surface area contributed by atoms with Crippen molar-refractivity contribution in [1.82, 2.24) is 0 Å². The molecule has 1 aliphatic carbocycles. The third-order valence-corrected chi connectivity index (χ3v) is 5.14. The highest BCUT2D eigenvalue weighted by Gasteiger charge is 2.36. The van der Waals surface area contributed by atoms with Crippen LogP contribution in [0.4, 0.5) is 0 Å². The zero-order valence-corrected chi connectivity index (χ0v) is 12.5. The van der Waals surface area contributed by atoms with Gasteiger partial charge in [0, 0.05) is 0 Å². The highest BCUT2D eigenvalue weighted by molar-refractivity contribution is 5.33. The van der Waals surface area contributed by atoms with Crippen LogP contribution in [0.1, 0.15) is 66.7 Å². The lowest BCUT2D eigenvalue weighted by molar-refractivity contribution is 0.199. The monoisotopic (exact) mass is 234 g/mol. The molecule has 1 saturated carbocycles. The van der Waals surface area contributed by atoms with Crippen molar-refractivity contribution in [3.05, 3.63) is 23.8 Å². The van der Waals surface area contributed by atoms with Crippen molar-refractivity contribution in [2.75, 3.05) is 0 Å². The van der Waals surface area contributed by atoms with Crippen LogP contribution in [0.5, 0.6) is 0 Å². The molecule has 0 aromatic heterocycles. The average molecular weight is 234 g/mol. The molecule has 0 aromatic rings. The minimum Gasteiger partial charge on any atom is -0.0950 e. The van der Waals surface area contributed by atoms with E-state index in [1.807, 2.05) is 0 Å². The molecular formula is C17H30. The van der Waals surface area contributed by atoms with Crippen LogP contribution >= 0.6 is 0 Å². The average Bonchev–Trinajstić information content (AvgIpc) is 2.82. The summed E-state index contributed by atoms with van der Waals surface area (Å²) in [6, 6.07) is 0. The molecule has 0 saturated heterocycles. The topological polar surface area (TPSA) is 0 Å². The summed E-state index contributed by atoms with van der Waals surface area (Å²) in [5.41, 5.74) is 3.05. The smallest absolute Gasteiger partial charge is 0.00786 e. The van der Waals surface area contributed by atoms with E-state index in [0.29, 0.717) is 0 Å². The Labute approximate surface area is 108 Å². The van der Waals surface area contributed by atoms with E-state index in [9.17, 15) is 0 Å². The van der Waals surface area contributed by atoms with Crippen LogP contribution in [0, 0.1) is 17.3 Å². The Morgan fingerprint density at radius 2 is 1.88 bits per heavy atom. The zero-order chi connectivity index (χ0) is 13.1. The fourth-order valence-electron chi connectivity index (χ4n) is 3.33. The van der Waals surface area contributed by atoms with Gasteiger partial charge in [-0.25, -0.2) is 0 Å². The van der Waals surface area contributed by atoms with Gasteiger partial charge >= 0.3 is 0 Å². The Morgan fingerprint density at radius 3 is 2.29 bits per heavy atom. The van der Waals surface area contributed by atoms with E-state index in [2.05, 4.69) is 47.3 Å². The molecule has 1 unspecified atom stereocenters. The van der Waals surface area contributed by atoms with E-state index in [1.165, 1.54) is 36.8 Å². The second-order valence-electron chi connectivity index (χ2n) is 6.20. The quantitative estimate of drug-likeness (QED) is 0.531. The van der Waals surface area contributed by atoms with Crippen LogP contribution < -0.4 is 0 Å². The Kier molecular flexibility index (Phi) is 5.04. The molecule has 1 aliphatic rings. The van der Waals surface area contributed by atoms with Crippen LogP contribution in [0.15, 0.2) is 23.8 Å². The van der Waals surface area contributed by atoms with E-state index >= 15 is 0 Å². The molecule has 0 nitrogen and oxygen atoms in total. The van der Waals surface area contributed by atoms with Gasteiger partial charge in [0.15, 0.2) is 0 Å². The number of hydrogen-bond acceptors (Lipinski definition) is 0. The lowest BCUT2D eigenvalue weighted by Crippen LogP contribution is -2.29. The molecule has 1 rings (SSSR count). The van der Waals surface area contributed by atoms with Gasteiger partial charge in [0.25, 0.3) is 0 Å². The number of allylic oxidation sites excluding steroid dienone is 3. The van der Waals surface area contributed by atoms with Crippen molar-refractivity contribution >= 4 is 0 Å². The standard InChI is InChI=1S/C17H30/c1-7-15(8-2)13(3)17(5,6)14(4)16-11-9-10-12-16/h7,14,16H,3,8-12H2,1-2,4-6H3/b15-7+. The molecule has 17 heavy (non-hydrogen) atoms. The van der Waals surface area contributed by atoms with Gasteiger partial charge in [-0.05, 0) is 41.7 Å². The van der Waals surface area contributed by atoms with Crippen molar-refractivity contribution in [2.24, 2.45) is 17.3 Å². The van der Waals surface area contributed by atoms with Crippen molar-refractivity contribution in [1.29, 1.82) is 0 Å². The zero-order valence-electron chi connectivity index (χ0n) is 12.5. The lowest BCUT2D eigenvalue weighted by Gasteiger charge is -2.38. The summed E-state index contributed by atoms with van der Waals surface area (Å²) < 4.78 is 0. The molecule has 0 bridgehead atoms. The van der Waals surface area contributed by atoms with Crippen LogP contribution in [-0.2, 0) is 0 Å². The van der Waals surface area contributed by atoms with E-state index in [4.69, 9.17) is 0 Å². The summed E-state index contributed by atoms with van der Waals surface area (Å²) in [7, 11) is 0. The predicted octanol–water partition coefficient (Wildman–Crippen LogP) is 5.75. The minimum atomic E-state index is 0.243. The van der Waals surface area contributed by atoms with E-state index in [-0.39, 0.29) is 5.41 Å². The number of hydrogen-bond donors (Lipinski definition) is 0. The van der Waals surface area contributed by atoms with E-state index < -0.39 is 0 Å². The molecule has 0 heterocycles. The van der Waals surface area contributed by atoms with Gasteiger partial charge in [0.2, 0.25) is 0 Å². The largest absolute Gasteiger partial charge is 0.0950 e. The first-order chi connectivity index (χ1) is 7.95. The molecule has 0 aliphatic heterocycles. The normalized spacial score (nSPS) is 20.6. The van der Waals surface area contributed by atoms with Gasteiger partial charge in [-0.3, -0.25) is 0 Å².